The number of nitrogens with two attached hydrogens (primary N) is 1. The maximum atomic E-state index is 13.9. The number of aryl methyl sites for hydroxylation is 1. The molecule has 6 rings (SSSR count). The third kappa shape index (κ3) is 8.33. The number of carbonyl (C=O) groups is 2. The van der Waals surface area contributed by atoms with Crippen LogP contribution >= 0.6 is 11.6 Å². The van der Waals surface area contributed by atoms with Crippen LogP contribution in [0.5, 0.6) is 0 Å². The summed E-state index contributed by atoms with van der Waals surface area (Å²) in [5.41, 5.74) is 10.1. The first kappa shape index (κ1) is 34.9. The van der Waals surface area contributed by atoms with E-state index >= 15 is 0 Å². The quantitative estimate of drug-likeness (QED) is 0.422. The Morgan fingerprint density at radius 1 is 0.978 bits per heavy atom. The number of carbonyl (C=O) groups excluding carboxylic acids is 2. The molecule has 2 amide bonds. The standard InChI is InChI=1S/C32H42ClN3O2.C4H9NO2S/c1-32(24-8-3-2-4-9-24)17-19-36(20-18-32)31(38)28(21-22-11-14-25(33)15-12-22)35-30(37)27-16-13-23-7-5-6-10-26(23)29(27)34;1-5-3-2-4-8(5,6)7/h5-7,10-12,14-15,24,27-29H,2-4,8-9,13,16-21,34H2,1H3,(H,35,37);2-4H2,1H3/t27-,28?,29+;/m1./s1. The van der Waals surface area contributed by atoms with Gasteiger partial charge in [-0.1, -0.05) is 74.2 Å². The number of likely N-dealkylation sites (tertiary alicyclic amines) is 1. The molecule has 10 heteroatoms. The first-order valence-corrected chi connectivity index (χ1v) is 19.1. The number of nitrogens with one attached hydrogen (secondary N) is 1. The fraction of sp³-hybridized carbons (Fsp3) is 0.611. The molecule has 3 N–H and O–H groups in total. The van der Waals surface area contributed by atoms with Crippen molar-refractivity contribution in [3.8, 4) is 0 Å². The van der Waals surface area contributed by atoms with Gasteiger partial charge in [0.15, 0.2) is 0 Å². The van der Waals surface area contributed by atoms with Crippen molar-refractivity contribution in [2.45, 2.75) is 89.6 Å². The van der Waals surface area contributed by atoms with Gasteiger partial charge in [-0.3, -0.25) is 9.59 Å². The molecule has 4 aliphatic rings. The monoisotopic (exact) mass is 670 g/mol. The van der Waals surface area contributed by atoms with Crippen molar-refractivity contribution in [3.63, 3.8) is 0 Å². The van der Waals surface area contributed by atoms with E-state index in [4.69, 9.17) is 17.3 Å². The zero-order valence-corrected chi connectivity index (χ0v) is 29.0. The number of halogens is 1. The smallest absolute Gasteiger partial charge is 0.245 e. The Balaban J connectivity index is 0.000000455. The molecule has 2 heterocycles. The number of benzene rings is 2. The largest absolute Gasteiger partial charge is 0.344 e. The van der Waals surface area contributed by atoms with Crippen LogP contribution in [0.4, 0.5) is 0 Å². The molecular weight excluding hydrogens is 620 g/mol. The number of nitrogens with zero attached hydrogens (tertiary/aromatic N) is 2. The van der Waals surface area contributed by atoms with Crippen molar-refractivity contribution in [2.24, 2.45) is 23.0 Å². The molecule has 46 heavy (non-hydrogen) atoms. The lowest BCUT2D eigenvalue weighted by Crippen LogP contribution is -2.55. The summed E-state index contributed by atoms with van der Waals surface area (Å²) >= 11 is 6.11. The van der Waals surface area contributed by atoms with Crippen molar-refractivity contribution in [2.75, 3.05) is 32.4 Å². The average Bonchev–Trinajstić information content (AvgIpc) is 3.37. The van der Waals surface area contributed by atoms with Gasteiger partial charge in [0.2, 0.25) is 21.8 Å². The molecule has 0 radical (unpaired) electrons. The molecule has 2 aromatic carbocycles. The molecule has 0 aromatic heterocycles. The lowest BCUT2D eigenvalue weighted by molar-refractivity contribution is -0.140. The third-order valence-electron chi connectivity index (χ3n) is 11.0. The Kier molecular flexibility index (Phi) is 11.5. The molecule has 2 aliphatic heterocycles. The Hall–Kier alpha value is -2.46. The number of hydrogen-bond acceptors (Lipinski definition) is 5. The highest BCUT2D eigenvalue weighted by atomic mass is 35.5. The topological polar surface area (TPSA) is 113 Å². The lowest BCUT2D eigenvalue weighted by atomic mass is 9.65. The Morgan fingerprint density at radius 2 is 1.65 bits per heavy atom. The Bertz CT molecular complexity index is 1450. The van der Waals surface area contributed by atoms with Gasteiger partial charge in [-0.25, -0.2) is 12.7 Å². The van der Waals surface area contributed by atoms with E-state index < -0.39 is 16.1 Å². The van der Waals surface area contributed by atoms with Gasteiger partial charge in [0, 0.05) is 44.2 Å². The second-order valence-electron chi connectivity index (χ2n) is 14.1. The predicted molar refractivity (Wildman–Crippen MR) is 184 cm³/mol. The Morgan fingerprint density at radius 3 is 2.26 bits per heavy atom. The molecule has 1 unspecified atom stereocenters. The summed E-state index contributed by atoms with van der Waals surface area (Å²) in [6.07, 6.45) is 11.5. The van der Waals surface area contributed by atoms with Gasteiger partial charge in [-0.15, -0.1) is 0 Å². The second-order valence-corrected chi connectivity index (χ2v) is 16.7. The second kappa shape index (κ2) is 15.2. The minimum absolute atomic E-state index is 0.0174. The summed E-state index contributed by atoms with van der Waals surface area (Å²) in [4.78, 5) is 29.5. The van der Waals surface area contributed by atoms with E-state index in [1.54, 1.807) is 7.05 Å². The highest BCUT2D eigenvalue weighted by molar-refractivity contribution is 7.89. The summed E-state index contributed by atoms with van der Waals surface area (Å²) in [5.74, 6) is 0.658. The van der Waals surface area contributed by atoms with Crippen LogP contribution in [0.1, 0.15) is 87.4 Å². The molecule has 3 atom stereocenters. The minimum Gasteiger partial charge on any atom is -0.344 e. The fourth-order valence-electron chi connectivity index (χ4n) is 7.85. The summed E-state index contributed by atoms with van der Waals surface area (Å²) in [5, 5.41) is 3.81. The van der Waals surface area contributed by atoms with E-state index in [0.717, 1.165) is 55.8 Å². The van der Waals surface area contributed by atoms with E-state index in [2.05, 4.69) is 18.3 Å². The summed E-state index contributed by atoms with van der Waals surface area (Å²) < 4.78 is 22.8. The lowest BCUT2D eigenvalue weighted by Gasteiger charge is -2.46. The van der Waals surface area contributed by atoms with Crippen molar-refractivity contribution >= 4 is 33.4 Å². The number of piperidine rings is 1. The van der Waals surface area contributed by atoms with Gasteiger partial charge in [0.25, 0.3) is 0 Å². The molecule has 252 valence electrons. The zero-order valence-electron chi connectivity index (χ0n) is 27.4. The van der Waals surface area contributed by atoms with Gasteiger partial charge in [0.1, 0.15) is 6.04 Å². The average molecular weight is 671 g/mol. The van der Waals surface area contributed by atoms with E-state index in [0.29, 0.717) is 35.6 Å². The van der Waals surface area contributed by atoms with Gasteiger partial charge >= 0.3 is 0 Å². The first-order chi connectivity index (χ1) is 22.0. The summed E-state index contributed by atoms with van der Waals surface area (Å²) in [6.45, 7) is 4.65. The van der Waals surface area contributed by atoms with E-state index in [1.165, 1.54) is 42.0 Å². The van der Waals surface area contributed by atoms with E-state index in [-0.39, 0.29) is 23.8 Å². The molecule has 0 bridgehead atoms. The van der Waals surface area contributed by atoms with Gasteiger partial charge in [-0.05, 0) is 85.1 Å². The molecule has 2 aliphatic carbocycles. The predicted octanol–water partition coefficient (Wildman–Crippen LogP) is 5.49. The van der Waals surface area contributed by atoms with Gasteiger partial charge in [0.05, 0.1) is 11.7 Å². The Labute approximate surface area is 280 Å². The third-order valence-corrected chi connectivity index (χ3v) is 13.2. The van der Waals surface area contributed by atoms with Crippen LogP contribution in [-0.2, 0) is 32.5 Å². The molecule has 8 nitrogen and oxygen atoms in total. The number of fused-ring (bicyclic) bond motifs is 1. The van der Waals surface area contributed by atoms with Crippen LogP contribution in [0.15, 0.2) is 48.5 Å². The van der Waals surface area contributed by atoms with E-state index in [1.807, 2.05) is 47.4 Å². The molecule has 2 saturated heterocycles. The van der Waals surface area contributed by atoms with Crippen LogP contribution < -0.4 is 11.1 Å². The highest BCUT2D eigenvalue weighted by Gasteiger charge is 2.41. The van der Waals surface area contributed by atoms with Crippen LogP contribution in [0.25, 0.3) is 0 Å². The molecule has 0 spiro atoms. The van der Waals surface area contributed by atoms with Gasteiger partial charge < -0.3 is 16.0 Å². The maximum absolute atomic E-state index is 13.9. The number of rotatable bonds is 6. The summed E-state index contributed by atoms with van der Waals surface area (Å²) in [6, 6.07) is 14.7. The minimum atomic E-state index is -2.79. The molecule has 1 saturated carbocycles. The highest BCUT2D eigenvalue weighted by Crippen LogP contribution is 2.45. The number of hydrogen-bond donors (Lipinski definition) is 2. The first-order valence-electron chi connectivity index (χ1n) is 17.1. The van der Waals surface area contributed by atoms with Crippen LogP contribution in [-0.4, -0.2) is 67.9 Å². The normalized spacial score (nSPS) is 25.1. The number of amides is 2. The number of sulfonamides is 1. The fourth-order valence-corrected chi connectivity index (χ4v) is 9.19. The maximum Gasteiger partial charge on any atom is 0.245 e. The summed E-state index contributed by atoms with van der Waals surface area (Å²) in [7, 11) is -1.18. The van der Waals surface area contributed by atoms with Gasteiger partial charge in [-0.2, -0.15) is 0 Å². The van der Waals surface area contributed by atoms with Crippen molar-refractivity contribution in [3.05, 3.63) is 70.2 Å². The molecular formula is C36H51ClN4O4S. The van der Waals surface area contributed by atoms with Crippen molar-refractivity contribution in [1.82, 2.24) is 14.5 Å². The van der Waals surface area contributed by atoms with Crippen molar-refractivity contribution in [1.29, 1.82) is 0 Å². The molecule has 2 aromatic rings. The SMILES string of the molecule is CC1(C2CCCCC2)CCN(C(=O)C(Cc2ccc(Cl)cc2)NC(=O)[C@@H]2CCc3ccccc3[C@@H]2N)CC1.CN1CCCS1(=O)=O. The molecule has 3 fully saturated rings. The zero-order chi connectivity index (χ0) is 32.9. The van der Waals surface area contributed by atoms with Crippen LogP contribution in [0, 0.1) is 17.3 Å². The van der Waals surface area contributed by atoms with Crippen molar-refractivity contribution < 1.29 is 18.0 Å². The van der Waals surface area contributed by atoms with E-state index in [9.17, 15) is 18.0 Å². The van der Waals surface area contributed by atoms with Crippen LogP contribution in [0.2, 0.25) is 5.02 Å². The van der Waals surface area contributed by atoms with Crippen LogP contribution in [0.3, 0.4) is 0 Å².